The highest BCUT2D eigenvalue weighted by atomic mass is 16.5. The smallest absolute Gasteiger partial charge is 0.287 e. The number of para-hydroxylation sites is 1. The molecule has 114 valence electrons. The van der Waals surface area contributed by atoms with E-state index in [1.165, 1.54) is 6.26 Å². The van der Waals surface area contributed by atoms with Gasteiger partial charge >= 0.3 is 0 Å². The van der Waals surface area contributed by atoms with Gasteiger partial charge in [-0.2, -0.15) is 0 Å². The Hall–Kier alpha value is -2.69. The zero-order valence-electron chi connectivity index (χ0n) is 12.5. The summed E-state index contributed by atoms with van der Waals surface area (Å²) in [4.78, 5) is 12.0. The first-order chi connectivity index (χ1) is 10.7. The van der Waals surface area contributed by atoms with Gasteiger partial charge in [0.25, 0.3) is 5.91 Å². The van der Waals surface area contributed by atoms with E-state index < -0.39 is 0 Å². The molecule has 22 heavy (non-hydrogen) atoms. The van der Waals surface area contributed by atoms with Gasteiger partial charge in [-0.05, 0) is 38.1 Å². The van der Waals surface area contributed by atoms with E-state index in [2.05, 4.69) is 5.32 Å². The van der Waals surface area contributed by atoms with Crippen LogP contribution in [-0.2, 0) is 0 Å². The Morgan fingerprint density at radius 3 is 2.91 bits per heavy atom. The number of carbonyl (C=O) groups is 1. The number of fused-ring (bicyclic) bond motifs is 1. The molecule has 0 bridgehead atoms. The van der Waals surface area contributed by atoms with E-state index in [0.29, 0.717) is 23.7 Å². The highest BCUT2D eigenvalue weighted by Crippen LogP contribution is 2.31. The summed E-state index contributed by atoms with van der Waals surface area (Å²) in [6.07, 6.45) is 1.47. The van der Waals surface area contributed by atoms with Crippen molar-refractivity contribution in [2.24, 2.45) is 0 Å². The number of nitrogens with one attached hydrogen (secondary N) is 1. The van der Waals surface area contributed by atoms with E-state index in [4.69, 9.17) is 13.6 Å². The molecule has 0 aliphatic carbocycles. The summed E-state index contributed by atoms with van der Waals surface area (Å²) in [5, 5.41) is 3.79. The molecule has 2 aromatic heterocycles. The average molecular weight is 299 g/mol. The van der Waals surface area contributed by atoms with Crippen molar-refractivity contribution in [2.75, 3.05) is 6.61 Å². The molecule has 5 nitrogen and oxygen atoms in total. The first-order valence-corrected chi connectivity index (χ1v) is 7.18. The Balaban J connectivity index is 1.83. The van der Waals surface area contributed by atoms with Gasteiger partial charge in [-0.25, -0.2) is 0 Å². The minimum absolute atomic E-state index is 0.275. The number of carbonyl (C=O) groups excluding carboxylic acids is 1. The van der Waals surface area contributed by atoms with Crippen molar-refractivity contribution >= 4 is 16.9 Å². The zero-order valence-corrected chi connectivity index (χ0v) is 12.5. The second-order valence-corrected chi connectivity index (χ2v) is 4.93. The minimum atomic E-state index is -0.278. The van der Waals surface area contributed by atoms with Gasteiger partial charge in [-0.3, -0.25) is 4.79 Å². The molecule has 0 unspecified atom stereocenters. The summed E-state index contributed by atoms with van der Waals surface area (Å²) in [6, 6.07) is 10.7. The highest BCUT2D eigenvalue weighted by molar-refractivity contribution is 5.91. The molecule has 0 spiro atoms. The quantitative estimate of drug-likeness (QED) is 0.775. The van der Waals surface area contributed by atoms with Crippen molar-refractivity contribution in [2.45, 2.75) is 19.9 Å². The normalized spacial score (nSPS) is 12.3. The zero-order chi connectivity index (χ0) is 15.5. The number of furan rings is 2. The molecule has 1 aromatic carbocycles. The third-order valence-electron chi connectivity index (χ3n) is 3.35. The van der Waals surface area contributed by atoms with Gasteiger partial charge in [0.2, 0.25) is 0 Å². The second-order valence-electron chi connectivity index (χ2n) is 4.93. The predicted octanol–water partition coefficient (Wildman–Crippen LogP) is 3.92. The van der Waals surface area contributed by atoms with Gasteiger partial charge in [0.05, 0.1) is 18.9 Å². The summed E-state index contributed by atoms with van der Waals surface area (Å²) in [6.45, 7) is 4.35. The Kier molecular flexibility index (Phi) is 3.87. The van der Waals surface area contributed by atoms with Crippen molar-refractivity contribution in [3.63, 3.8) is 0 Å². The van der Waals surface area contributed by atoms with Crippen LogP contribution in [0.25, 0.3) is 11.0 Å². The molecule has 3 rings (SSSR count). The number of ether oxygens (including phenoxy) is 1. The molecule has 0 aliphatic rings. The van der Waals surface area contributed by atoms with E-state index in [1.54, 1.807) is 12.1 Å². The summed E-state index contributed by atoms with van der Waals surface area (Å²) < 4.78 is 16.5. The first-order valence-electron chi connectivity index (χ1n) is 7.18. The lowest BCUT2D eigenvalue weighted by molar-refractivity contribution is 0.0907. The first kappa shape index (κ1) is 14.3. The van der Waals surface area contributed by atoms with E-state index in [9.17, 15) is 4.79 Å². The third-order valence-corrected chi connectivity index (χ3v) is 3.35. The Morgan fingerprint density at radius 1 is 1.32 bits per heavy atom. The van der Waals surface area contributed by atoms with Crippen molar-refractivity contribution in [1.29, 1.82) is 0 Å². The van der Waals surface area contributed by atoms with Crippen LogP contribution in [0.3, 0.4) is 0 Å². The molecule has 1 N–H and O–H groups in total. The Bertz CT molecular complexity index is 773. The lowest BCUT2D eigenvalue weighted by Gasteiger charge is -2.09. The molecule has 0 saturated carbocycles. The minimum Gasteiger partial charge on any atom is -0.490 e. The topological polar surface area (TPSA) is 64.6 Å². The number of hydrogen-bond acceptors (Lipinski definition) is 4. The number of hydrogen-bond donors (Lipinski definition) is 1. The molecule has 0 fully saturated rings. The molecule has 1 atom stereocenters. The van der Waals surface area contributed by atoms with Crippen molar-refractivity contribution in [3.05, 3.63) is 54.2 Å². The van der Waals surface area contributed by atoms with Crippen LogP contribution in [0.5, 0.6) is 5.75 Å². The van der Waals surface area contributed by atoms with Crippen LogP contribution >= 0.6 is 0 Å². The fraction of sp³-hybridized carbons (Fsp3) is 0.235. The SMILES string of the molecule is CCOc1cccc2cc([C@H](C)NC(=O)c3ccco3)oc12. The highest BCUT2D eigenvalue weighted by Gasteiger charge is 2.18. The van der Waals surface area contributed by atoms with Gasteiger partial charge < -0.3 is 18.9 Å². The van der Waals surface area contributed by atoms with Crippen LogP contribution in [0.1, 0.15) is 36.2 Å². The van der Waals surface area contributed by atoms with E-state index in [0.717, 1.165) is 5.39 Å². The summed E-state index contributed by atoms with van der Waals surface area (Å²) in [5.74, 6) is 1.37. The molecule has 5 heteroatoms. The molecule has 2 heterocycles. The van der Waals surface area contributed by atoms with Gasteiger partial charge in [-0.15, -0.1) is 0 Å². The number of benzene rings is 1. The van der Waals surface area contributed by atoms with Gasteiger partial charge in [0.15, 0.2) is 17.1 Å². The lowest BCUT2D eigenvalue weighted by Crippen LogP contribution is -2.25. The van der Waals surface area contributed by atoms with Crippen molar-refractivity contribution in [3.8, 4) is 5.75 Å². The summed E-state index contributed by atoms with van der Waals surface area (Å²) in [7, 11) is 0. The molecule has 0 saturated heterocycles. The largest absolute Gasteiger partial charge is 0.490 e. The molecule has 3 aromatic rings. The molecule has 1 amide bonds. The van der Waals surface area contributed by atoms with Crippen molar-refractivity contribution < 1.29 is 18.4 Å². The average Bonchev–Trinajstić information content (AvgIpc) is 3.17. The lowest BCUT2D eigenvalue weighted by atomic mass is 10.2. The maximum atomic E-state index is 12.0. The van der Waals surface area contributed by atoms with Crippen LogP contribution in [0.4, 0.5) is 0 Å². The Labute approximate surface area is 127 Å². The molecule has 0 aliphatic heterocycles. The number of amides is 1. The molecular weight excluding hydrogens is 282 g/mol. The van der Waals surface area contributed by atoms with Crippen LogP contribution in [0, 0.1) is 0 Å². The molecule has 0 radical (unpaired) electrons. The van der Waals surface area contributed by atoms with Crippen LogP contribution in [-0.4, -0.2) is 12.5 Å². The third kappa shape index (κ3) is 2.70. The summed E-state index contributed by atoms with van der Waals surface area (Å²) in [5.41, 5.74) is 0.693. The fourth-order valence-corrected chi connectivity index (χ4v) is 2.29. The van der Waals surface area contributed by atoms with Gasteiger partial charge in [-0.1, -0.05) is 12.1 Å². The van der Waals surface area contributed by atoms with E-state index in [-0.39, 0.29) is 17.7 Å². The monoisotopic (exact) mass is 299 g/mol. The second kappa shape index (κ2) is 5.97. The number of rotatable bonds is 5. The van der Waals surface area contributed by atoms with Crippen LogP contribution in [0.15, 0.2) is 51.5 Å². The molecular formula is C17H17NO4. The summed E-state index contributed by atoms with van der Waals surface area (Å²) >= 11 is 0. The van der Waals surface area contributed by atoms with E-state index >= 15 is 0 Å². The fourth-order valence-electron chi connectivity index (χ4n) is 2.29. The Morgan fingerprint density at radius 2 is 2.18 bits per heavy atom. The predicted molar refractivity (Wildman–Crippen MR) is 82.0 cm³/mol. The maximum Gasteiger partial charge on any atom is 0.287 e. The maximum absolute atomic E-state index is 12.0. The van der Waals surface area contributed by atoms with Gasteiger partial charge in [0, 0.05) is 5.39 Å². The van der Waals surface area contributed by atoms with Crippen molar-refractivity contribution in [1.82, 2.24) is 5.32 Å². The van der Waals surface area contributed by atoms with Gasteiger partial charge in [0.1, 0.15) is 5.76 Å². The van der Waals surface area contributed by atoms with Crippen LogP contribution < -0.4 is 10.1 Å². The van der Waals surface area contributed by atoms with E-state index in [1.807, 2.05) is 38.1 Å². The standard InChI is InChI=1S/C17H17NO4/c1-3-20-13-7-4-6-12-10-15(22-16(12)13)11(2)18-17(19)14-8-5-9-21-14/h4-11H,3H2,1-2H3,(H,18,19)/t11-/m0/s1. The van der Waals surface area contributed by atoms with Crippen LogP contribution in [0.2, 0.25) is 0 Å².